The zero-order chi connectivity index (χ0) is 5.70. The van der Waals surface area contributed by atoms with E-state index >= 15 is 0 Å². The zero-order valence-electron chi connectivity index (χ0n) is 3.88. The Morgan fingerprint density at radius 2 is 2.43 bits per heavy atom. The first-order chi connectivity index (χ1) is 3.31. The molecule has 0 aliphatic rings. The largest absolute Gasteiger partial charge is 0.534 e. The van der Waals surface area contributed by atoms with Gasteiger partial charge in [0.25, 0.3) is 0 Å². The fourth-order valence-electron chi connectivity index (χ4n) is 0.0900. The third kappa shape index (κ3) is 2.75. The summed E-state index contributed by atoms with van der Waals surface area (Å²) in [5.41, 5.74) is 0. The molecule has 0 atom stereocenters. The first-order valence-corrected chi connectivity index (χ1v) is 1.52. The van der Waals surface area contributed by atoms with Crippen LogP contribution in [0, 0.1) is 0 Å². The highest BCUT2D eigenvalue weighted by atomic mass is 16.8. The van der Waals surface area contributed by atoms with Gasteiger partial charge in [-0.2, -0.15) is 0 Å². The molecule has 0 saturated carbocycles. The minimum Gasteiger partial charge on any atom is -0.436 e. The summed E-state index contributed by atoms with van der Waals surface area (Å²) in [7, 11) is 1.19. The number of oxime groups is 1. The highest BCUT2D eigenvalue weighted by molar-refractivity contribution is 5.59. The molecule has 0 rings (SSSR count). The number of rotatable bonds is 1. The van der Waals surface area contributed by atoms with Crippen molar-refractivity contribution in [2.24, 2.45) is 5.16 Å². The molecule has 0 aliphatic heterocycles. The van der Waals surface area contributed by atoms with Crippen molar-refractivity contribution in [2.75, 3.05) is 7.11 Å². The van der Waals surface area contributed by atoms with Crippen LogP contribution in [0.25, 0.3) is 0 Å². The fraction of sp³-hybridized carbons (Fsp3) is 0.333. The molecule has 0 aromatic heterocycles. The molecule has 0 unspecified atom stereocenters. The average Bonchev–Trinajstić information content (AvgIpc) is 1.68. The quantitative estimate of drug-likeness (QED) is 0.209. The number of ether oxygens (including phenoxy) is 1. The Morgan fingerprint density at radius 3 is 2.57 bits per heavy atom. The number of nitrogens with zero attached hydrogens (tertiary/aromatic N) is 1. The molecular weight excluding hydrogens is 98.0 g/mol. The lowest BCUT2D eigenvalue weighted by Crippen LogP contribution is -1.97. The van der Waals surface area contributed by atoms with Crippen LogP contribution in [0.1, 0.15) is 0 Å². The number of carbonyl (C=O) groups is 1. The standard InChI is InChI=1S/C3H5NO3/c1-4-7-3(5)6-2/h1H2,2H3. The fourth-order valence-corrected chi connectivity index (χ4v) is 0.0900. The predicted octanol–water partition coefficient (Wildman–Crippen LogP) is 0.385. The van der Waals surface area contributed by atoms with Gasteiger partial charge in [-0.05, 0) is 0 Å². The van der Waals surface area contributed by atoms with Crippen LogP contribution in [0.5, 0.6) is 0 Å². The molecule has 0 heterocycles. The van der Waals surface area contributed by atoms with E-state index in [9.17, 15) is 4.79 Å². The molecule has 0 spiro atoms. The van der Waals surface area contributed by atoms with E-state index < -0.39 is 6.16 Å². The van der Waals surface area contributed by atoms with Crippen LogP contribution in [0.15, 0.2) is 5.16 Å². The van der Waals surface area contributed by atoms with Crippen molar-refractivity contribution in [3.8, 4) is 0 Å². The molecule has 0 fully saturated rings. The number of hydrogen-bond donors (Lipinski definition) is 0. The van der Waals surface area contributed by atoms with Crippen molar-refractivity contribution in [1.29, 1.82) is 0 Å². The number of methoxy groups -OCH3 is 1. The van der Waals surface area contributed by atoms with Crippen molar-refractivity contribution < 1.29 is 14.4 Å². The van der Waals surface area contributed by atoms with Crippen LogP contribution in [0.3, 0.4) is 0 Å². The molecule has 0 N–H and O–H groups in total. The molecule has 0 radical (unpaired) electrons. The maximum absolute atomic E-state index is 9.83. The topological polar surface area (TPSA) is 47.9 Å². The molecule has 0 aliphatic carbocycles. The summed E-state index contributed by atoms with van der Waals surface area (Å²) in [6, 6.07) is 0. The molecule has 0 bridgehead atoms. The van der Waals surface area contributed by atoms with Crippen molar-refractivity contribution in [1.82, 2.24) is 0 Å². The van der Waals surface area contributed by atoms with Gasteiger partial charge in [0.2, 0.25) is 0 Å². The van der Waals surface area contributed by atoms with E-state index in [0.717, 1.165) is 0 Å². The van der Waals surface area contributed by atoms with Gasteiger partial charge in [0.15, 0.2) is 0 Å². The SMILES string of the molecule is C=NOC(=O)OC. The van der Waals surface area contributed by atoms with Gasteiger partial charge >= 0.3 is 6.16 Å². The minimum absolute atomic E-state index is 0.852. The minimum atomic E-state index is -0.852. The highest BCUT2D eigenvalue weighted by Crippen LogP contribution is 1.77. The Balaban J connectivity index is 3.17. The molecular formula is C3H5NO3. The third-order valence-corrected chi connectivity index (χ3v) is 0.306. The Kier molecular flexibility index (Phi) is 2.67. The van der Waals surface area contributed by atoms with Gasteiger partial charge in [0.1, 0.15) is 0 Å². The second-order valence-corrected chi connectivity index (χ2v) is 0.675. The van der Waals surface area contributed by atoms with Crippen LogP contribution in [0.4, 0.5) is 4.79 Å². The van der Waals surface area contributed by atoms with Gasteiger partial charge < -0.3 is 4.74 Å². The van der Waals surface area contributed by atoms with Crippen LogP contribution in [-0.2, 0) is 9.57 Å². The Labute approximate surface area is 40.7 Å². The van der Waals surface area contributed by atoms with Gasteiger partial charge in [0.05, 0.1) is 7.11 Å². The van der Waals surface area contributed by atoms with Crippen LogP contribution < -0.4 is 0 Å². The van der Waals surface area contributed by atoms with Crippen LogP contribution in [-0.4, -0.2) is 20.0 Å². The maximum atomic E-state index is 9.83. The van der Waals surface area contributed by atoms with E-state index in [1.54, 1.807) is 0 Å². The molecule has 0 amide bonds. The second kappa shape index (κ2) is 3.14. The molecule has 40 valence electrons. The smallest absolute Gasteiger partial charge is 0.436 e. The monoisotopic (exact) mass is 103 g/mol. The van der Waals surface area contributed by atoms with E-state index in [0.29, 0.717) is 0 Å². The van der Waals surface area contributed by atoms with Crippen molar-refractivity contribution in [3.63, 3.8) is 0 Å². The maximum Gasteiger partial charge on any atom is 0.534 e. The lowest BCUT2D eigenvalue weighted by atomic mass is 11.3. The van der Waals surface area contributed by atoms with Crippen LogP contribution in [0.2, 0.25) is 0 Å². The number of hydrogen-bond acceptors (Lipinski definition) is 4. The van der Waals surface area contributed by atoms with E-state index in [2.05, 4.69) is 21.4 Å². The lowest BCUT2D eigenvalue weighted by molar-refractivity contribution is 0.0763. The summed E-state index contributed by atoms with van der Waals surface area (Å²) < 4.78 is 4.00. The molecule has 7 heavy (non-hydrogen) atoms. The summed E-state index contributed by atoms with van der Waals surface area (Å²) in [5, 5.41) is 2.78. The van der Waals surface area contributed by atoms with Gasteiger partial charge in [-0.1, -0.05) is 5.16 Å². The predicted molar refractivity (Wildman–Crippen MR) is 23.0 cm³/mol. The second-order valence-electron chi connectivity index (χ2n) is 0.675. The third-order valence-electron chi connectivity index (χ3n) is 0.306. The van der Waals surface area contributed by atoms with E-state index in [1.807, 2.05) is 0 Å². The van der Waals surface area contributed by atoms with E-state index in [-0.39, 0.29) is 0 Å². The Morgan fingerprint density at radius 1 is 1.86 bits per heavy atom. The first-order valence-electron chi connectivity index (χ1n) is 1.52. The van der Waals surface area contributed by atoms with Gasteiger partial charge in [-0.15, -0.1) is 0 Å². The highest BCUT2D eigenvalue weighted by Gasteiger charge is 1.93. The molecule has 4 heteroatoms. The normalized spacial score (nSPS) is 7.00. The van der Waals surface area contributed by atoms with Crippen molar-refractivity contribution in [2.45, 2.75) is 0 Å². The first kappa shape index (κ1) is 5.94. The Hall–Kier alpha value is -1.06. The molecule has 0 saturated heterocycles. The van der Waals surface area contributed by atoms with Gasteiger partial charge in [-0.3, -0.25) is 4.84 Å². The Bertz CT molecular complexity index is 80.2. The molecule has 0 aromatic rings. The summed E-state index contributed by atoms with van der Waals surface area (Å²) in [4.78, 5) is 13.7. The van der Waals surface area contributed by atoms with E-state index in [4.69, 9.17) is 0 Å². The summed E-state index contributed by atoms with van der Waals surface area (Å²) in [5.74, 6) is 0. The summed E-state index contributed by atoms with van der Waals surface area (Å²) >= 11 is 0. The van der Waals surface area contributed by atoms with E-state index in [1.165, 1.54) is 7.11 Å². The zero-order valence-corrected chi connectivity index (χ0v) is 3.88. The van der Waals surface area contributed by atoms with Gasteiger partial charge in [0, 0.05) is 6.72 Å². The molecule has 0 aromatic carbocycles. The number of carbonyl (C=O) groups excluding carboxylic acids is 1. The van der Waals surface area contributed by atoms with Crippen molar-refractivity contribution in [3.05, 3.63) is 0 Å². The summed E-state index contributed by atoms with van der Waals surface area (Å²) in [6.45, 7) is 2.88. The van der Waals surface area contributed by atoms with Crippen LogP contribution >= 0.6 is 0 Å². The lowest BCUT2D eigenvalue weighted by Gasteiger charge is -1.88. The molecule has 4 nitrogen and oxygen atoms in total. The summed E-state index contributed by atoms with van der Waals surface area (Å²) in [6.07, 6.45) is -0.852. The van der Waals surface area contributed by atoms with Gasteiger partial charge in [-0.25, -0.2) is 4.79 Å². The van der Waals surface area contributed by atoms with Crippen molar-refractivity contribution >= 4 is 12.9 Å². The average molecular weight is 103 g/mol.